The van der Waals surface area contributed by atoms with Crippen LogP contribution < -0.4 is 15.2 Å². The summed E-state index contributed by atoms with van der Waals surface area (Å²) in [5.41, 5.74) is 6.10. The van der Waals surface area contributed by atoms with E-state index in [-0.39, 0.29) is 18.4 Å². The standard InChI is InChI=1S/C14H21NO4.ClH/c1-14(2,13(16)19-5)12(15)9-6-10(17-3)8-11(7-9)18-4;/h6-8,12H,15H2,1-5H3;1H/t12-;/m1./s1. The molecule has 0 aliphatic rings. The van der Waals surface area contributed by atoms with E-state index in [1.54, 1.807) is 46.3 Å². The molecule has 0 radical (unpaired) electrons. The Kier molecular flexibility index (Phi) is 6.82. The van der Waals surface area contributed by atoms with Gasteiger partial charge in [-0.25, -0.2) is 0 Å². The normalized spacial score (nSPS) is 12.1. The molecule has 1 rings (SSSR count). The zero-order chi connectivity index (χ0) is 14.6. The Morgan fingerprint density at radius 1 is 1.10 bits per heavy atom. The van der Waals surface area contributed by atoms with Gasteiger partial charge in [0.15, 0.2) is 0 Å². The number of benzene rings is 1. The van der Waals surface area contributed by atoms with E-state index >= 15 is 0 Å². The fraction of sp³-hybridized carbons (Fsp3) is 0.500. The van der Waals surface area contributed by atoms with E-state index in [0.717, 1.165) is 5.56 Å². The van der Waals surface area contributed by atoms with E-state index in [2.05, 4.69) is 0 Å². The molecule has 1 atom stereocenters. The number of nitrogens with two attached hydrogens (primary N) is 1. The van der Waals surface area contributed by atoms with Crippen LogP contribution in [0.2, 0.25) is 0 Å². The Bertz CT molecular complexity index is 440. The minimum atomic E-state index is -0.841. The molecule has 0 spiro atoms. The van der Waals surface area contributed by atoms with Crippen LogP contribution in [0, 0.1) is 5.41 Å². The fourth-order valence-electron chi connectivity index (χ4n) is 1.82. The summed E-state index contributed by atoms with van der Waals surface area (Å²) in [6.45, 7) is 3.49. The highest BCUT2D eigenvalue weighted by atomic mass is 35.5. The summed E-state index contributed by atoms with van der Waals surface area (Å²) in [4.78, 5) is 11.8. The number of halogens is 1. The lowest BCUT2D eigenvalue weighted by Gasteiger charge is -2.29. The van der Waals surface area contributed by atoms with Gasteiger partial charge in [0.2, 0.25) is 0 Å². The Morgan fingerprint density at radius 3 is 1.90 bits per heavy atom. The maximum absolute atomic E-state index is 11.8. The summed E-state index contributed by atoms with van der Waals surface area (Å²) < 4.78 is 15.2. The molecule has 20 heavy (non-hydrogen) atoms. The van der Waals surface area contributed by atoms with Gasteiger partial charge in [0.1, 0.15) is 11.5 Å². The van der Waals surface area contributed by atoms with E-state index in [4.69, 9.17) is 19.9 Å². The second-order valence-corrected chi connectivity index (χ2v) is 4.84. The van der Waals surface area contributed by atoms with Gasteiger partial charge in [-0.1, -0.05) is 0 Å². The molecule has 0 aliphatic carbocycles. The van der Waals surface area contributed by atoms with Crippen molar-refractivity contribution >= 4 is 18.4 Å². The van der Waals surface area contributed by atoms with E-state index < -0.39 is 11.5 Å². The van der Waals surface area contributed by atoms with Gasteiger partial charge in [-0.05, 0) is 31.5 Å². The Labute approximate surface area is 125 Å². The van der Waals surface area contributed by atoms with Gasteiger partial charge in [-0.3, -0.25) is 4.79 Å². The summed E-state index contributed by atoms with van der Waals surface area (Å²) in [7, 11) is 4.48. The number of hydrogen-bond donors (Lipinski definition) is 1. The molecule has 0 aromatic heterocycles. The molecule has 0 fully saturated rings. The Hall–Kier alpha value is -1.46. The number of carbonyl (C=O) groups is 1. The zero-order valence-corrected chi connectivity index (χ0v) is 13.2. The third-order valence-electron chi connectivity index (χ3n) is 3.22. The summed E-state index contributed by atoms with van der Waals surface area (Å²) in [6.07, 6.45) is 0. The lowest BCUT2D eigenvalue weighted by molar-refractivity contribution is -0.152. The van der Waals surface area contributed by atoms with Crippen molar-refractivity contribution < 1.29 is 19.0 Å². The molecule has 2 N–H and O–H groups in total. The second kappa shape index (κ2) is 7.36. The predicted octanol–water partition coefficient (Wildman–Crippen LogP) is 2.32. The molecule has 114 valence electrons. The molecule has 1 aromatic carbocycles. The van der Waals surface area contributed by atoms with E-state index in [1.165, 1.54) is 7.11 Å². The van der Waals surface area contributed by atoms with Crippen LogP contribution in [0.3, 0.4) is 0 Å². The summed E-state index contributed by atoms with van der Waals surface area (Å²) >= 11 is 0. The Morgan fingerprint density at radius 2 is 1.55 bits per heavy atom. The molecular weight excluding hydrogens is 282 g/mol. The number of rotatable bonds is 5. The third kappa shape index (κ3) is 3.77. The van der Waals surface area contributed by atoms with E-state index in [0.29, 0.717) is 11.5 Å². The number of methoxy groups -OCH3 is 3. The Balaban J connectivity index is 0.00000361. The molecule has 0 saturated carbocycles. The summed E-state index contributed by atoms with van der Waals surface area (Å²) in [5.74, 6) is 0.901. The fourth-order valence-corrected chi connectivity index (χ4v) is 1.82. The predicted molar refractivity (Wildman–Crippen MR) is 79.5 cm³/mol. The lowest BCUT2D eigenvalue weighted by atomic mass is 9.81. The maximum Gasteiger partial charge on any atom is 0.313 e. The first-order valence-electron chi connectivity index (χ1n) is 5.93. The van der Waals surface area contributed by atoms with Crippen LogP contribution >= 0.6 is 12.4 Å². The number of esters is 1. The average Bonchev–Trinajstić information content (AvgIpc) is 2.44. The van der Waals surface area contributed by atoms with Crippen molar-refractivity contribution in [1.29, 1.82) is 0 Å². The van der Waals surface area contributed by atoms with Gasteiger partial charge in [0, 0.05) is 12.1 Å². The van der Waals surface area contributed by atoms with Crippen LogP contribution in [0.1, 0.15) is 25.5 Å². The van der Waals surface area contributed by atoms with Gasteiger partial charge < -0.3 is 19.9 Å². The largest absolute Gasteiger partial charge is 0.497 e. The van der Waals surface area contributed by atoms with Crippen molar-refractivity contribution in [2.45, 2.75) is 19.9 Å². The topological polar surface area (TPSA) is 70.8 Å². The van der Waals surface area contributed by atoms with Crippen LogP contribution in [0.25, 0.3) is 0 Å². The molecule has 0 amide bonds. The van der Waals surface area contributed by atoms with Gasteiger partial charge in [-0.2, -0.15) is 0 Å². The molecule has 0 heterocycles. The lowest BCUT2D eigenvalue weighted by Crippen LogP contribution is -2.37. The van der Waals surface area contributed by atoms with Crippen molar-refractivity contribution in [3.63, 3.8) is 0 Å². The highest BCUT2D eigenvalue weighted by Gasteiger charge is 2.37. The second-order valence-electron chi connectivity index (χ2n) is 4.84. The minimum absolute atomic E-state index is 0. The number of carbonyl (C=O) groups excluding carboxylic acids is 1. The molecule has 1 aromatic rings. The zero-order valence-electron chi connectivity index (χ0n) is 12.4. The van der Waals surface area contributed by atoms with Crippen molar-refractivity contribution in [1.82, 2.24) is 0 Å². The molecule has 6 heteroatoms. The monoisotopic (exact) mass is 303 g/mol. The first-order chi connectivity index (χ1) is 8.86. The molecule has 0 bridgehead atoms. The SMILES string of the molecule is COC(=O)C(C)(C)[C@H](N)c1cc(OC)cc(OC)c1.Cl. The summed E-state index contributed by atoms with van der Waals surface area (Å²) in [6, 6.07) is 4.81. The highest BCUT2D eigenvalue weighted by molar-refractivity contribution is 5.85. The number of hydrogen-bond acceptors (Lipinski definition) is 5. The molecule has 0 aliphatic heterocycles. The minimum Gasteiger partial charge on any atom is -0.497 e. The van der Waals surface area contributed by atoms with E-state index in [1.807, 2.05) is 0 Å². The van der Waals surface area contributed by atoms with Crippen molar-refractivity contribution in [3.8, 4) is 11.5 Å². The van der Waals surface area contributed by atoms with Crippen molar-refractivity contribution in [2.75, 3.05) is 21.3 Å². The van der Waals surface area contributed by atoms with Gasteiger partial charge in [0.25, 0.3) is 0 Å². The molecule has 5 nitrogen and oxygen atoms in total. The average molecular weight is 304 g/mol. The van der Waals surface area contributed by atoms with Crippen LogP contribution in [-0.2, 0) is 9.53 Å². The van der Waals surface area contributed by atoms with E-state index in [9.17, 15) is 4.79 Å². The summed E-state index contributed by atoms with van der Waals surface area (Å²) in [5, 5.41) is 0. The van der Waals surface area contributed by atoms with Gasteiger partial charge in [-0.15, -0.1) is 12.4 Å². The number of ether oxygens (including phenoxy) is 3. The molecule has 0 unspecified atom stereocenters. The van der Waals surface area contributed by atoms with Crippen LogP contribution in [0.4, 0.5) is 0 Å². The molecular formula is C14H22ClNO4. The van der Waals surface area contributed by atoms with Crippen LogP contribution in [0.15, 0.2) is 18.2 Å². The van der Waals surface area contributed by atoms with Crippen LogP contribution in [-0.4, -0.2) is 27.3 Å². The smallest absolute Gasteiger partial charge is 0.313 e. The van der Waals surface area contributed by atoms with Crippen molar-refractivity contribution in [2.24, 2.45) is 11.1 Å². The first kappa shape index (κ1) is 18.5. The van der Waals surface area contributed by atoms with Gasteiger partial charge >= 0.3 is 5.97 Å². The highest BCUT2D eigenvalue weighted by Crippen LogP contribution is 2.35. The maximum atomic E-state index is 11.8. The first-order valence-corrected chi connectivity index (χ1v) is 5.93. The third-order valence-corrected chi connectivity index (χ3v) is 3.22. The molecule has 0 saturated heterocycles. The van der Waals surface area contributed by atoms with Gasteiger partial charge in [0.05, 0.1) is 26.7 Å². The van der Waals surface area contributed by atoms with Crippen LogP contribution in [0.5, 0.6) is 11.5 Å². The quantitative estimate of drug-likeness (QED) is 0.845. The van der Waals surface area contributed by atoms with Crippen molar-refractivity contribution in [3.05, 3.63) is 23.8 Å².